The molecule has 21 heavy (non-hydrogen) atoms. The van der Waals surface area contributed by atoms with Crippen molar-refractivity contribution in [1.29, 1.82) is 0 Å². The summed E-state index contributed by atoms with van der Waals surface area (Å²) in [5.41, 5.74) is 1.77. The van der Waals surface area contributed by atoms with Gasteiger partial charge in [-0.1, -0.05) is 0 Å². The van der Waals surface area contributed by atoms with Crippen LogP contribution in [0.25, 0.3) is 0 Å². The molecule has 1 aromatic carbocycles. The summed E-state index contributed by atoms with van der Waals surface area (Å²) in [5, 5.41) is 19.8. The number of benzene rings is 1. The number of carbonyl (C=O) groups is 1. The Morgan fingerprint density at radius 3 is 2.86 bits per heavy atom. The van der Waals surface area contributed by atoms with Crippen molar-refractivity contribution in [3.8, 4) is 0 Å². The molecule has 0 spiro atoms. The second-order valence-electron chi connectivity index (χ2n) is 5.56. The van der Waals surface area contributed by atoms with Gasteiger partial charge in [-0.25, -0.2) is 0 Å². The van der Waals surface area contributed by atoms with Gasteiger partial charge >= 0.3 is 5.97 Å². The molecule has 1 unspecified atom stereocenters. The normalized spacial score (nSPS) is 18.5. The van der Waals surface area contributed by atoms with Crippen molar-refractivity contribution in [2.24, 2.45) is 0 Å². The van der Waals surface area contributed by atoms with Crippen LogP contribution < -0.4 is 4.90 Å². The molecule has 6 heteroatoms. The van der Waals surface area contributed by atoms with Crippen molar-refractivity contribution in [2.75, 3.05) is 11.4 Å². The quantitative estimate of drug-likeness (QED) is 0.666. The Labute approximate surface area is 123 Å². The molecular weight excluding hydrogens is 272 g/mol. The van der Waals surface area contributed by atoms with Crippen LogP contribution in [0.15, 0.2) is 18.2 Å². The largest absolute Gasteiger partial charge is 0.481 e. The highest BCUT2D eigenvalue weighted by Gasteiger charge is 2.24. The van der Waals surface area contributed by atoms with E-state index in [0.717, 1.165) is 37.1 Å². The van der Waals surface area contributed by atoms with Gasteiger partial charge in [0.15, 0.2) is 0 Å². The summed E-state index contributed by atoms with van der Waals surface area (Å²) < 4.78 is 0. The Morgan fingerprint density at radius 1 is 1.43 bits per heavy atom. The fourth-order valence-electron chi connectivity index (χ4n) is 2.94. The van der Waals surface area contributed by atoms with Gasteiger partial charge in [0.1, 0.15) is 0 Å². The minimum atomic E-state index is -0.796. The third kappa shape index (κ3) is 3.93. The van der Waals surface area contributed by atoms with E-state index in [2.05, 4.69) is 4.90 Å². The molecule has 0 radical (unpaired) electrons. The summed E-state index contributed by atoms with van der Waals surface area (Å²) in [6.07, 6.45) is 3.77. The third-order valence-corrected chi connectivity index (χ3v) is 3.91. The van der Waals surface area contributed by atoms with Crippen molar-refractivity contribution in [3.63, 3.8) is 0 Å². The smallest absolute Gasteiger partial charge is 0.303 e. The SMILES string of the molecule is Cc1cc(N2CCCCC2CCC(=O)O)cc([N+](=O)[O-])c1. The van der Waals surface area contributed by atoms with Gasteiger partial charge in [0.25, 0.3) is 5.69 Å². The number of nitro groups is 1. The molecule has 1 aromatic rings. The highest BCUT2D eigenvalue weighted by molar-refractivity contribution is 5.67. The predicted octanol–water partition coefficient (Wildman–Crippen LogP) is 3.13. The lowest BCUT2D eigenvalue weighted by atomic mass is 9.96. The van der Waals surface area contributed by atoms with Gasteiger partial charge in [-0.05, 0) is 44.2 Å². The highest BCUT2D eigenvalue weighted by atomic mass is 16.6. The maximum absolute atomic E-state index is 11.0. The number of non-ortho nitro benzene ring substituents is 1. The molecule has 1 heterocycles. The lowest BCUT2D eigenvalue weighted by Crippen LogP contribution is -2.40. The molecule has 0 aliphatic carbocycles. The first-order chi connectivity index (χ1) is 9.97. The molecule has 0 aromatic heterocycles. The number of hydrogen-bond acceptors (Lipinski definition) is 4. The number of hydrogen-bond donors (Lipinski definition) is 1. The number of aryl methyl sites for hydroxylation is 1. The fourth-order valence-corrected chi connectivity index (χ4v) is 2.94. The van der Waals surface area contributed by atoms with E-state index in [4.69, 9.17) is 5.11 Å². The predicted molar refractivity (Wildman–Crippen MR) is 79.7 cm³/mol. The minimum absolute atomic E-state index is 0.0903. The van der Waals surface area contributed by atoms with Crippen molar-refractivity contribution in [3.05, 3.63) is 33.9 Å². The summed E-state index contributed by atoms with van der Waals surface area (Å²) in [5.74, 6) is -0.796. The van der Waals surface area contributed by atoms with Crippen LogP contribution in [0.1, 0.15) is 37.7 Å². The average Bonchev–Trinajstić information content (AvgIpc) is 2.44. The summed E-state index contributed by atoms with van der Waals surface area (Å²) in [7, 11) is 0. The van der Waals surface area contributed by atoms with Crippen molar-refractivity contribution in [2.45, 2.75) is 45.1 Å². The molecule has 1 saturated heterocycles. The van der Waals surface area contributed by atoms with Gasteiger partial charge < -0.3 is 10.0 Å². The van der Waals surface area contributed by atoms with Crippen LogP contribution in [0.5, 0.6) is 0 Å². The summed E-state index contributed by atoms with van der Waals surface area (Å²) >= 11 is 0. The molecule has 114 valence electrons. The minimum Gasteiger partial charge on any atom is -0.481 e. The Kier molecular flexibility index (Phi) is 4.77. The molecule has 1 fully saturated rings. The monoisotopic (exact) mass is 292 g/mol. The summed E-state index contributed by atoms with van der Waals surface area (Å²) in [6, 6.07) is 5.23. The van der Waals surface area contributed by atoms with E-state index in [1.165, 1.54) is 0 Å². The zero-order chi connectivity index (χ0) is 15.4. The van der Waals surface area contributed by atoms with Crippen LogP contribution in [0.3, 0.4) is 0 Å². The first-order valence-corrected chi connectivity index (χ1v) is 7.22. The van der Waals surface area contributed by atoms with Gasteiger partial charge in [0.05, 0.1) is 4.92 Å². The van der Waals surface area contributed by atoms with Gasteiger partial charge in [0.2, 0.25) is 0 Å². The zero-order valence-corrected chi connectivity index (χ0v) is 12.1. The van der Waals surface area contributed by atoms with E-state index in [-0.39, 0.29) is 23.1 Å². The zero-order valence-electron chi connectivity index (χ0n) is 12.1. The Bertz CT molecular complexity index is 544. The van der Waals surface area contributed by atoms with Gasteiger partial charge in [-0.2, -0.15) is 0 Å². The molecule has 1 aliphatic heterocycles. The number of rotatable bonds is 5. The van der Waals surface area contributed by atoms with Gasteiger partial charge in [0, 0.05) is 36.8 Å². The van der Waals surface area contributed by atoms with E-state index in [9.17, 15) is 14.9 Å². The van der Waals surface area contributed by atoms with Gasteiger partial charge in [-0.15, -0.1) is 0 Å². The maximum atomic E-state index is 11.0. The lowest BCUT2D eigenvalue weighted by Gasteiger charge is -2.37. The van der Waals surface area contributed by atoms with Crippen LogP contribution in [-0.4, -0.2) is 28.6 Å². The highest BCUT2D eigenvalue weighted by Crippen LogP contribution is 2.30. The first-order valence-electron chi connectivity index (χ1n) is 7.22. The Hall–Kier alpha value is -2.11. The molecule has 6 nitrogen and oxygen atoms in total. The number of aliphatic carboxylic acids is 1. The molecule has 0 amide bonds. The van der Waals surface area contributed by atoms with Crippen LogP contribution in [0.2, 0.25) is 0 Å². The molecule has 0 bridgehead atoms. The number of nitro benzene ring substituents is 1. The third-order valence-electron chi connectivity index (χ3n) is 3.91. The standard InChI is InChI=1S/C15H20N2O4/c1-11-8-13(10-14(9-11)17(20)21)16-7-3-2-4-12(16)5-6-15(18)19/h8-10,12H,2-7H2,1H3,(H,18,19). The van der Waals surface area contributed by atoms with Crippen LogP contribution in [-0.2, 0) is 4.79 Å². The van der Waals surface area contributed by atoms with Crippen molar-refractivity contribution < 1.29 is 14.8 Å². The van der Waals surface area contributed by atoms with E-state index in [1.807, 2.05) is 13.0 Å². The fraction of sp³-hybridized carbons (Fsp3) is 0.533. The van der Waals surface area contributed by atoms with Gasteiger partial charge in [-0.3, -0.25) is 14.9 Å². The Balaban J connectivity index is 2.24. The number of anilines is 1. The van der Waals surface area contributed by atoms with Crippen molar-refractivity contribution >= 4 is 17.3 Å². The van der Waals surface area contributed by atoms with E-state index in [0.29, 0.717) is 6.42 Å². The van der Waals surface area contributed by atoms with E-state index < -0.39 is 5.97 Å². The number of piperidine rings is 1. The maximum Gasteiger partial charge on any atom is 0.303 e. The van der Waals surface area contributed by atoms with Crippen LogP contribution in [0, 0.1) is 17.0 Å². The number of carboxylic acid groups (broad SMARTS) is 1. The van der Waals surface area contributed by atoms with Crippen LogP contribution >= 0.6 is 0 Å². The number of nitrogens with zero attached hydrogens (tertiary/aromatic N) is 2. The molecular formula is C15H20N2O4. The molecule has 1 atom stereocenters. The Morgan fingerprint density at radius 2 is 2.19 bits per heavy atom. The second-order valence-corrected chi connectivity index (χ2v) is 5.56. The molecule has 1 N–H and O–H groups in total. The van der Waals surface area contributed by atoms with Crippen LogP contribution in [0.4, 0.5) is 11.4 Å². The van der Waals surface area contributed by atoms with Crippen molar-refractivity contribution in [1.82, 2.24) is 0 Å². The molecule has 0 saturated carbocycles. The van der Waals surface area contributed by atoms with E-state index in [1.54, 1.807) is 12.1 Å². The molecule has 2 rings (SSSR count). The average molecular weight is 292 g/mol. The lowest BCUT2D eigenvalue weighted by molar-refractivity contribution is -0.384. The summed E-state index contributed by atoms with van der Waals surface area (Å²) in [6.45, 7) is 2.66. The summed E-state index contributed by atoms with van der Waals surface area (Å²) in [4.78, 5) is 23.5. The second kappa shape index (κ2) is 6.56. The number of carboxylic acids is 1. The van der Waals surface area contributed by atoms with E-state index >= 15 is 0 Å². The first kappa shape index (κ1) is 15.3. The molecule has 1 aliphatic rings. The topological polar surface area (TPSA) is 83.7 Å².